The number of anilines is 1. The molecule has 10 heteroatoms. The van der Waals surface area contributed by atoms with Gasteiger partial charge in [-0.3, -0.25) is 0 Å². The second-order valence-electron chi connectivity index (χ2n) is 10.0. The molecule has 3 rings (SSSR count). The van der Waals surface area contributed by atoms with Crippen molar-refractivity contribution in [3.05, 3.63) is 65.0 Å². The van der Waals surface area contributed by atoms with Crippen LogP contribution < -0.4 is 5.32 Å². The van der Waals surface area contributed by atoms with Crippen LogP contribution in [-0.2, 0) is 21.4 Å². The minimum atomic E-state index is -4.46. The van der Waals surface area contributed by atoms with Crippen molar-refractivity contribution in [3.63, 3.8) is 0 Å². The Morgan fingerprint density at radius 1 is 0.973 bits per heavy atom. The van der Waals surface area contributed by atoms with Gasteiger partial charge in [-0.2, -0.15) is 0 Å². The molecule has 0 aliphatic heterocycles. The van der Waals surface area contributed by atoms with Crippen molar-refractivity contribution >= 4 is 29.0 Å². The van der Waals surface area contributed by atoms with Gasteiger partial charge in [0.2, 0.25) is 0 Å². The Hall–Kier alpha value is -1.33. The van der Waals surface area contributed by atoms with Crippen molar-refractivity contribution in [2.75, 3.05) is 18.0 Å². The SMILES string of the molecule is O=P(O)(O)CCC[AsH]Cc1ccc(NCCCCC2(c3ccc(F)cc3)CCCCC2)c(C(F)(F)F)c1. The first-order chi connectivity index (χ1) is 17.5. The molecule has 0 aromatic heterocycles. The number of halogens is 4. The second kappa shape index (κ2) is 13.6. The van der Waals surface area contributed by atoms with E-state index in [1.165, 1.54) is 36.2 Å². The molecule has 0 radical (unpaired) electrons. The van der Waals surface area contributed by atoms with Gasteiger partial charge in [-0.15, -0.1) is 0 Å². The molecule has 1 aliphatic carbocycles. The van der Waals surface area contributed by atoms with Crippen molar-refractivity contribution in [1.82, 2.24) is 0 Å². The van der Waals surface area contributed by atoms with E-state index in [1.54, 1.807) is 6.07 Å². The summed E-state index contributed by atoms with van der Waals surface area (Å²) in [5.74, 6) is -0.243. The van der Waals surface area contributed by atoms with Gasteiger partial charge < -0.3 is 0 Å². The number of rotatable bonds is 13. The zero-order chi connectivity index (χ0) is 26.9. The van der Waals surface area contributed by atoms with Gasteiger partial charge in [0.05, 0.1) is 0 Å². The van der Waals surface area contributed by atoms with Gasteiger partial charge in [0, 0.05) is 0 Å². The summed E-state index contributed by atoms with van der Waals surface area (Å²) in [7, 11) is -4.01. The number of hydrogen-bond acceptors (Lipinski definition) is 2. The third-order valence-electron chi connectivity index (χ3n) is 7.19. The average molecular weight is 605 g/mol. The fourth-order valence-electron chi connectivity index (χ4n) is 5.26. The molecular weight excluding hydrogens is 568 g/mol. The number of nitrogens with one attached hydrogen (secondary N) is 1. The van der Waals surface area contributed by atoms with E-state index < -0.39 is 35.1 Å². The van der Waals surface area contributed by atoms with Gasteiger partial charge in [0.15, 0.2) is 0 Å². The van der Waals surface area contributed by atoms with Crippen LogP contribution in [0.5, 0.6) is 0 Å². The molecule has 0 bridgehead atoms. The third kappa shape index (κ3) is 9.73. The Morgan fingerprint density at radius 3 is 2.32 bits per heavy atom. The van der Waals surface area contributed by atoms with Gasteiger partial charge in [-0.25, -0.2) is 4.39 Å². The molecule has 3 N–H and O–H groups in total. The van der Waals surface area contributed by atoms with Crippen LogP contribution in [-0.4, -0.2) is 38.2 Å². The van der Waals surface area contributed by atoms with Crippen molar-refractivity contribution in [3.8, 4) is 0 Å². The molecule has 2 aromatic rings. The minimum absolute atomic E-state index is 0.0273. The summed E-state index contributed by atoms with van der Waals surface area (Å²) in [6, 6.07) is 11.2. The topological polar surface area (TPSA) is 69.6 Å². The van der Waals surface area contributed by atoms with Crippen LogP contribution in [0.4, 0.5) is 23.2 Å². The summed E-state index contributed by atoms with van der Waals surface area (Å²) in [6.07, 6.45) is 3.95. The van der Waals surface area contributed by atoms with E-state index >= 15 is 0 Å². The molecule has 4 nitrogen and oxygen atoms in total. The molecule has 206 valence electrons. The Morgan fingerprint density at radius 2 is 1.68 bits per heavy atom. The van der Waals surface area contributed by atoms with Gasteiger partial charge >= 0.3 is 170 Å². The van der Waals surface area contributed by atoms with Gasteiger partial charge in [-0.05, 0) is 12.1 Å². The summed E-state index contributed by atoms with van der Waals surface area (Å²) < 4.78 is 65.6. The standard InChI is InChI=1S/C27H37AsF4NO3P/c29-23-10-8-22(9-11-23)26(13-2-1-3-14-26)15-4-5-17-33-25-12-7-21(19-24(25)27(30,31)32)20-28-16-6-18-37(34,35)36/h7-12,19,28,33H,1-6,13-18,20H2,(H2,34,35,36). The van der Waals surface area contributed by atoms with E-state index in [-0.39, 0.29) is 23.1 Å². The fraction of sp³-hybridized carbons (Fsp3) is 0.556. The van der Waals surface area contributed by atoms with Crippen LogP contribution in [0.25, 0.3) is 0 Å². The Labute approximate surface area is 223 Å². The molecule has 37 heavy (non-hydrogen) atoms. The second-order valence-corrected chi connectivity index (χ2v) is 14.6. The van der Waals surface area contributed by atoms with E-state index in [2.05, 4.69) is 5.32 Å². The first-order valence-electron chi connectivity index (χ1n) is 12.9. The van der Waals surface area contributed by atoms with Crippen LogP contribution in [0, 0.1) is 5.82 Å². The van der Waals surface area contributed by atoms with E-state index in [4.69, 9.17) is 9.79 Å². The molecule has 1 saturated carbocycles. The molecule has 1 fully saturated rings. The third-order valence-corrected chi connectivity index (χ3v) is 10.9. The molecular formula is C27H37AsF4NO3P. The molecule has 0 saturated heterocycles. The Kier molecular flexibility index (Phi) is 11.1. The summed E-state index contributed by atoms with van der Waals surface area (Å²) in [5, 5.41) is 4.22. The average Bonchev–Trinajstić information content (AvgIpc) is 2.84. The zero-order valence-electron chi connectivity index (χ0n) is 21.0. The Balaban J connectivity index is 1.53. The van der Waals surface area contributed by atoms with Crippen molar-refractivity contribution in [2.24, 2.45) is 0 Å². The molecule has 1 atom stereocenters. The first-order valence-corrected chi connectivity index (χ1v) is 17.7. The van der Waals surface area contributed by atoms with Crippen molar-refractivity contribution in [1.29, 1.82) is 0 Å². The molecule has 1 unspecified atom stereocenters. The van der Waals surface area contributed by atoms with Crippen LogP contribution >= 0.6 is 7.60 Å². The number of benzene rings is 2. The van der Waals surface area contributed by atoms with Gasteiger partial charge in [-0.1, -0.05) is 31.4 Å². The predicted molar refractivity (Wildman–Crippen MR) is 142 cm³/mol. The maximum absolute atomic E-state index is 13.7. The monoisotopic (exact) mass is 605 g/mol. The van der Waals surface area contributed by atoms with Crippen LogP contribution in [0.3, 0.4) is 0 Å². The molecule has 1 aliphatic rings. The van der Waals surface area contributed by atoms with E-state index in [0.717, 1.165) is 44.9 Å². The summed E-state index contributed by atoms with van der Waals surface area (Å²) >= 11 is -0.612. The summed E-state index contributed by atoms with van der Waals surface area (Å²) in [6.45, 7) is 0.443. The fourth-order valence-corrected chi connectivity index (χ4v) is 8.79. The zero-order valence-corrected chi connectivity index (χ0v) is 24.0. The number of alkyl halides is 3. The van der Waals surface area contributed by atoms with Gasteiger partial charge in [0.25, 0.3) is 0 Å². The van der Waals surface area contributed by atoms with Crippen LogP contribution in [0.1, 0.15) is 74.5 Å². The molecule has 0 spiro atoms. The van der Waals surface area contributed by atoms with Crippen molar-refractivity contribution < 1.29 is 31.9 Å². The Bertz CT molecular complexity index is 1040. The summed E-state index contributed by atoms with van der Waals surface area (Å²) in [5.41, 5.74) is 1.24. The normalized spacial score (nSPS) is 16.4. The molecule has 0 amide bonds. The van der Waals surface area contributed by atoms with E-state index in [9.17, 15) is 22.1 Å². The quantitative estimate of drug-likeness (QED) is 0.0974. The van der Waals surface area contributed by atoms with E-state index in [1.807, 2.05) is 12.1 Å². The maximum atomic E-state index is 13.7. The first kappa shape index (κ1) is 30.2. The predicted octanol–water partition coefficient (Wildman–Crippen LogP) is 7.25. The number of unbranched alkanes of at least 4 members (excludes halogenated alkanes) is 1. The molecule has 2 aromatic carbocycles. The van der Waals surface area contributed by atoms with Crippen LogP contribution in [0.2, 0.25) is 5.21 Å². The van der Waals surface area contributed by atoms with E-state index in [0.29, 0.717) is 28.9 Å². The van der Waals surface area contributed by atoms with Crippen molar-refractivity contribution in [2.45, 2.75) is 79.8 Å². The van der Waals surface area contributed by atoms with Crippen LogP contribution in [0.15, 0.2) is 42.5 Å². The van der Waals surface area contributed by atoms with Gasteiger partial charge in [0.1, 0.15) is 5.82 Å². The summed E-state index contributed by atoms with van der Waals surface area (Å²) in [4.78, 5) is 17.8. The molecule has 0 heterocycles. The number of hydrogen-bond donors (Lipinski definition) is 3.